The molecule has 3 heterocycles. The zero-order valence-electron chi connectivity index (χ0n) is 10.8. The van der Waals surface area contributed by atoms with Crippen molar-refractivity contribution in [3.8, 4) is 0 Å². The van der Waals surface area contributed by atoms with Gasteiger partial charge in [-0.1, -0.05) is 0 Å². The number of alkyl halides is 3. The quantitative estimate of drug-likeness (QED) is 0.842. The molecule has 0 radical (unpaired) electrons. The minimum Gasteiger partial charge on any atom is -0.340 e. The molecule has 2 aromatic rings. The summed E-state index contributed by atoms with van der Waals surface area (Å²) in [5.74, 6) is 0.456. The van der Waals surface area contributed by atoms with Gasteiger partial charge in [0.05, 0.1) is 10.7 Å². The first kappa shape index (κ1) is 14.3. The van der Waals surface area contributed by atoms with Crippen LogP contribution in [0.1, 0.15) is 5.69 Å². The largest absolute Gasteiger partial charge is 0.433 e. The van der Waals surface area contributed by atoms with Crippen LogP contribution in [0.15, 0.2) is 29.1 Å². The summed E-state index contributed by atoms with van der Waals surface area (Å²) in [6.07, 6.45) is 0.266. The van der Waals surface area contributed by atoms with Gasteiger partial charge in [-0.05, 0) is 22.0 Å². The van der Waals surface area contributed by atoms with Crippen molar-refractivity contribution in [2.45, 2.75) is 12.7 Å². The van der Waals surface area contributed by atoms with E-state index < -0.39 is 11.9 Å². The highest BCUT2D eigenvalue weighted by molar-refractivity contribution is 9.10. The molecular formula is C12H11BrF3N5. The Morgan fingerprint density at radius 3 is 2.71 bits per heavy atom. The fourth-order valence-electron chi connectivity index (χ4n) is 2.21. The van der Waals surface area contributed by atoms with Crippen LogP contribution in [0.2, 0.25) is 0 Å². The Morgan fingerprint density at radius 1 is 1.33 bits per heavy atom. The van der Waals surface area contributed by atoms with E-state index in [0.29, 0.717) is 19.0 Å². The third-order valence-corrected chi connectivity index (χ3v) is 3.63. The summed E-state index contributed by atoms with van der Waals surface area (Å²) in [5.41, 5.74) is -0.910. The van der Waals surface area contributed by atoms with E-state index in [0.717, 1.165) is 23.3 Å². The van der Waals surface area contributed by atoms with Crippen LogP contribution in [0.4, 0.5) is 19.1 Å². The topological polar surface area (TPSA) is 46.8 Å². The summed E-state index contributed by atoms with van der Waals surface area (Å²) >= 11 is 3.32. The highest BCUT2D eigenvalue weighted by atomic mass is 79.9. The zero-order chi connectivity index (χ0) is 15.0. The van der Waals surface area contributed by atoms with Gasteiger partial charge >= 0.3 is 6.18 Å². The second-order valence-corrected chi connectivity index (χ2v) is 5.81. The molecule has 3 rings (SSSR count). The maximum absolute atomic E-state index is 12.6. The maximum Gasteiger partial charge on any atom is 0.433 e. The van der Waals surface area contributed by atoms with Gasteiger partial charge in [-0.15, -0.1) is 0 Å². The van der Waals surface area contributed by atoms with E-state index in [1.165, 1.54) is 0 Å². The van der Waals surface area contributed by atoms with Gasteiger partial charge in [-0.2, -0.15) is 18.3 Å². The monoisotopic (exact) mass is 361 g/mol. The van der Waals surface area contributed by atoms with Gasteiger partial charge in [0.1, 0.15) is 5.69 Å². The molecule has 21 heavy (non-hydrogen) atoms. The highest BCUT2D eigenvalue weighted by Gasteiger charge is 2.35. The van der Waals surface area contributed by atoms with Gasteiger partial charge in [0, 0.05) is 37.9 Å². The number of anilines is 1. The Hall–Kier alpha value is -1.64. The van der Waals surface area contributed by atoms with Gasteiger partial charge in [0.25, 0.3) is 0 Å². The standard InChI is InChI=1S/C12H11BrF3N5/c13-9-3-18-21(7-9)6-8-4-20(5-8)11-17-2-1-10(19-11)12(14,15)16/h1-3,7-8H,4-6H2. The van der Waals surface area contributed by atoms with Gasteiger partial charge in [-0.3, -0.25) is 4.68 Å². The molecule has 0 bridgehead atoms. The van der Waals surface area contributed by atoms with Crippen LogP contribution in [0, 0.1) is 5.92 Å². The second kappa shape index (κ2) is 5.28. The molecule has 5 nitrogen and oxygen atoms in total. The molecular weight excluding hydrogens is 351 g/mol. The van der Waals surface area contributed by atoms with Crippen LogP contribution in [-0.2, 0) is 12.7 Å². The van der Waals surface area contributed by atoms with Crippen molar-refractivity contribution in [2.24, 2.45) is 5.92 Å². The van der Waals surface area contributed by atoms with Crippen LogP contribution < -0.4 is 4.90 Å². The number of aromatic nitrogens is 4. The van der Waals surface area contributed by atoms with Gasteiger partial charge in [0.15, 0.2) is 0 Å². The number of rotatable bonds is 3. The minimum atomic E-state index is -4.44. The first-order valence-corrected chi connectivity index (χ1v) is 7.04. The van der Waals surface area contributed by atoms with E-state index in [9.17, 15) is 13.2 Å². The Morgan fingerprint density at radius 2 is 2.10 bits per heavy atom. The van der Waals surface area contributed by atoms with Crippen LogP contribution >= 0.6 is 15.9 Å². The van der Waals surface area contributed by atoms with Crippen LogP contribution in [0.5, 0.6) is 0 Å². The fraction of sp³-hybridized carbons (Fsp3) is 0.417. The molecule has 1 aliphatic rings. The summed E-state index contributed by atoms with van der Waals surface area (Å²) in [7, 11) is 0. The number of halogens is 4. The summed E-state index contributed by atoms with van der Waals surface area (Å²) in [6.45, 7) is 1.97. The highest BCUT2D eigenvalue weighted by Crippen LogP contribution is 2.29. The van der Waals surface area contributed by atoms with Crippen molar-refractivity contribution < 1.29 is 13.2 Å². The molecule has 2 aromatic heterocycles. The lowest BCUT2D eigenvalue weighted by Gasteiger charge is -2.39. The number of nitrogens with zero attached hydrogens (tertiary/aromatic N) is 5. The maximum atomic E-state index is 12.6. The molecule has 1 saturated heterocycles. The van der Waals surface area contributed by atoms with Crippen molar-refractivity contribution in [2.75, 3.05) is 18.0 Å². The fourth-order valence-corrected chi connectivity index (χ4v) is 2.54. The summed E-state index contributed by atoms with van der Waals surface area (Å²) in [4.78, 5) is 9.21. The van der Waals surface area contributed by atoms with Gasteiger partial charge < -0.3 is 4.90 Å². The van der Waals surface area contributed by atoms with E-state index in [-0.39, 0.29) is 5.95 Å². The van der Waals surface area contributed by atoms with Gasteiger partial charge in [-0.25, -0.2) is 9.97 Å². The predicted octanol–water partition coefficient (Wildman–Crippen LogP) is 2.59. The lowest BCUT2D eigenvalue weighted by Crippen LogP contribution is -2.49. The SMILES string of the molecule is FC(F)(F)c1ccnc(N2CC(Cn3cc(Br)cn3)C2)n1. The molecule has 1 aliphatic heterocycles. The molecule has 0 aliphatic carbocycles. The van der Waals surface area contributed by atoms with Crippen molar-refractivity contribution in [3.05, 3.63) is 34.8 Å². The normalized spacial score (nSPS) is 16.1. The molecule has 0 N–H and O–H groups in total. The van der Waals surface area contributed by atoms with Crippen LogP contribution in [0.3, 0.4) is 0 Å². The molecule has 0 amide bonds. The average Bonchev–Trinajstić information content (AvgIpc) is 2.78. The first-order chi connectivity index (χ1) is 9.91. The molecule has 0 atom stereocenters. The zero-order valence-corrected chi connectivity index (χ0v) is 12.3. The van der Waals surface area contributed by atoms with Crippen LogP contribution in [0.25, 0.3) is 0 Å². The molecule has 0 spiro atoms. The number of hydrogen-bond donors (Lipinski definition) is 0. The Balaban J connectivity index is 1.61. The Labute approximate surface area is 126 Å². The summed E-state index contributed by atoms with van der Waals surface area (Å²) < 4.78 is 40.5. The third kappa shape index (κ3) is 3.17. The average molecular weight is 362 g/mol. The van der Waals surface area contributed by atoms with Gasteiger partial charge in [0.2, 0.25) is 5.95 Å². The molecule has 0 unspecified atom stereocenters. The van der Waals surface area contributed by atoms with Crippen molar-refractivity contribution in [3.63, 3.8) is 0 Å². The summed E-state index contributed by atoms with van der Waals surface area (Å²) in [6, 6.07) is 0.877. The molecule has 1 fully saturated rings. The molecule has 112 valence electrons. The van der Waals surface area contributed by atoms with E-state index in [1.54, 1.807) is 15.8 Å². The van der Waals surface area contributed by atoms with Crippen LogP contribution in [-0.4, -0.2) is 32.8 Å². The minimum absolute atomic E-state index is 0.128. The lowest BCUT2D eigenvalue weighted by molar-refractivity contribution is -0.141. The Kier molecular flexibility index (Phi) is 3.60. The lowest BCUT2D eigenvalue weighted by atomic mass is 10.0. The smallest absolute Gasteiger partial charge is 0.340 e. The predicted molar refractivity (Wildman–Crippen MR) is 72.7 cm³/mol. The summed E-state index contributed by atoms with van der Waals surface area (Å²) in [5, 5.41) is 4.15. The van der Waals surface area contributed by atoms with E-state index in [2.05, 4.69) is 31.0 Å². The molecule has 0 aromatic carbocycles. The molecule has 0 saturated carbocycles. The van der Waals surface area contributed by atoms with Crippen molar-refractivity contribution in [1.82, 2.24) is 19.7 Å². The first-order valence-electron chi connectivity index (χ1n) is 6.25. The van der Waals surface area contributed by atoms with Crippen molar-refractivity contribution in [1.29, 1.82) is 0 Å². The van der Waals surface area contributed by atoms with E-state index >= 15 is 0 Å². The molecule has 9 heteroatoms. The Bertz CT molecular complexity index is 636. The van der Waals surface area contributed by atoms with Crippen molar-refractivity contribution >= 4 is 21.9 Å². The second-order valence-electron chi connectivity index (χ2n) is 4.89. The number of hydrogen-bond acceptors (Lipinski definition) is 4. The van der Waals surface area contributed by atoms with E-state index in [4.69, 9.17) is 0 Å². The van der Waals surface area contributed by atoms with E-state index in [1.807, 2.05) is 6.20 Å². The third-order valence-electron chi connectivity index (χ3n) is 3.22.